The molecule has 1 atom stereocenters. The van der Waals surface area contributed by atoms with E-state index in [4.69, 9.17) is 4.74 Å². The fourth-order valence-corrected chi connectivity index (χ4v) is 2.47. The lowest BCUT2D eigenvalue weighted by Gasteiger charge is -2.13. The predicted molar refractivity (Wildman–Crippen MR) is 106 cm³/mol. The molecule has 1 aromatic carbocycles. The zero-order valence-corrected chi connectivity index (χ0v) is 17.2. The summed E-state index contributed by atoms with van der Waals surface area (Å²) in [7, 11) is 0. The largest absolute Gasteiger partial charge is 0.484 e. The number of aryl methyl sites for hydroxylation is 1. The molecule has 7 nitrogen and oxygen atoms in total. The van der Waals surface area contributed by atoms with Crippen molar-refractivity contribution in [1.29, 1.82) is 0 Å². The molecule has 0 spiro atoms. The van der Waals surface area contributed by atoms with E-state index < -0.39 is 35.5 Å². The van der Waals surface area contributed by atoms with Gasteiger partial charge in [-0.25, -0.2) is 4.39 Å². The van der Waals surface area contributed by atoms with Gasteiger partial charge in [0.1, 0.15) is 11.6 Å². The maximum absolute atomic E-state index is 13.4. The zero-order valence-electron chi connectivity index (χ0n) is 17.2. The molecule has 0 aliphatic carbocycles. The molecule has 1 unspecified atom stereocenters. The van der Waals surface area contributed by atoms with Gasteiger partial charge in [0.15, 0.2) is 6.61 Å². The van der Waals surface area contributed by atoms with Crippen LogP contribution in [-0.4, -0.2) is 41.2 Å². The number of benzene rings is 1. The normalized spacial score (nSPS) is 12.2. The minimum Gasteiger partial charge on any atom is -0.484 e. The number of halogens is 4. The van der Waals surface area contributed by atoms with Crippen molar-refractivity contribution in [3.05, 3.63) is 59.2 Å². The van der Waals surface area contributed by atoms with Crippen LogP contribution in [0.1, 0.15) is 29.7 Å². The minimum absolute atomic E-state index is 0.0522. The SMILES string of the molecule is Cc1ccc(OCC(=O)NCC(O)CCC(=O)NCc2ccc(C(F)(F)F)cn2)cc1F. The molecule has 0 fully saturated rings. The van der Waals surface area contributed by atoms with Crippen molar-refractivity contribution in [3.63, 3.8) is 0 Å². The van der Waals surface area contributed by atoms with Gasteiger partial charge in [0, 0.05) is 25.2 Å². The number of hydrogen-bond donors (Lipinski definition) is 3. The molecule has 2 aromatic rings. The molecule has 0 aliphatic rings. The summed E-state index contributed by atoms with van der Waals surface area (Å²) in [6, 6.07) is 6.25. The van der Waals surface area contributed by atoms with Crippen molar-refractivity contribution in [2.75, 3.05) is 13.2 Å². The number of nitrogens with zero attached hydrogens (tertiary/aromatic N) is 1. The summed E-state index contributed by atoms with van der Waals surface area (Å²) in [5, 5.41) is 14.8. The highest BCUT2D eigenvalue weighted by Gasteiger charge is 2.30. The van der Waals surface area contributed by atoms with E-state index in [0.29, 0.717) is 11.8 Å². The third-order valence-corrected chi connectivity index (χ3v) is 4.37. The van der Waals surface area contributed by atoms with E-state index in [1.165, 1.54) is 18.2 Å². The average Bonchev–Trinajstić information content (AvgIpc) is 2.75. The van der Waals surface area contributed by atoms with Crippen LogP contribution in [-0.2, 0) is 22.3 Å². The molecule has 32 heavy (non-hydrogen) atoms. The van der Waals surface area contributed by atoms with E-state index in [9.17, 15) is 32.3 Å². The lowest BCUT2D eigenvalue weighted by Crippen LogP contribution is -2.36. The Bertz CT molecular complexity index is 920. The van der Waals surface area contributed by atoms with E-state index in [2.05, 4.69) is 15.6 Å². The lowest BCUT2D eigenvalue weighted by atomic mass is 10.2. The third kappa shape index (κ3) is 8.50. The second-order valence-electron chi connectivity index (χ2n) is 7.01. The molecule has 0 aliphatic heterocycles. The number of carbonyl (C=O) groups excluding carboxylic acids is 2. The summed E-state index contributed by atoms with van der Waals surface area (Å²) < 4.78 is 56.1. The van der Waals surface area contributed by atoms with Gasteiger partial charge in [-0.05, 0) is 37.1 Å². The number of alkyl halides is 3. The highest BCUT2D eigenvalue weighted by atomic mass is 19.4. The van der Waals surface area contributed by atoms with Gasteiger partial charge in [-0.2, -0.15) is 13.2 Å². The van der Waals surface area contributed by atoms with E-state index in [1.54, 1.807) is 6.92 Å². The van der Waals surface area contributed by atoms with Gasteiger partial charge in [0.05, 0.1) is 23.9 Å². The Balaban J connectivity index is 1.62. The zero-order chi connectivity index (χ0) is 23.7. The maximum atomic E-state index is 13.4. The van der Waals surface area contributed by atoms with Gasteiger partial charge in [-0.15, -0.1) is 0 Å². The Morgan fingerprint density at radius 1 is 1.16 bits per heavy atom. The molecule has 1 heterocycles. The fraction of sp³-hybridized carbons (Fsp3) is 0.381. The molecule has 2 rings (SSSR count). The van der Waals surface area contributed by atoms with Crippen LogP contribution in [0, 0.1) is 12.7 Å². The Hall–Kier alpha value is -3.21. The van der Waals surface area contributed by atoms with Crippen LogP contribution in [0.4, 0.5) is 17.6 Å². The summed E-state index contributed by atoms with van der Waals surface area (Å²) in [4.78, 5) is 27.2. The highest BCUT2D eigenvalue weighted by Crippen LogP contribution is 2.28. The van der Waals surface area contributed by atoms with Gasteiger partial charge < -0.3 is 20.5 Å². The third-order valence-electron chi connectivity index (χ3n) is 4.37. The van der Waals surface area contributed by atoms with Crippen molar-refractivity contribution >= 4 is 11.8 Å². The van der Waals surface area contributed by atoms with Crippen LogP contribution in [0.25, 0.3) is 0 Å². The summed E-state index contributed by atoms with van der Waals surface area (Å²) in [5.41, 5.74) is -0.175. The number of aliphatic hydroxyl groups is 1. The standard InChI is InChI=1S/C21H23F4N3O4/c1-13-2-6-17(8-18(13)22)32-12-20(31)28-11-16(29)5-7-19(30)27-10-15-4-3-14(9-26-15)21(23,24)25/h2-4,6,8-9,16,29H,5,7,10-12H2,1H3,(H,27,30)(H,28,31). The van der Waals surface area contributed by atoms with Crippen molar-refractivity contribution in [2.24, 2.45) is 0 Å². The second kappa shape index (κ2) is 11.4. The predicted octanol–water partition coefficient (Wildman–Crippen LogP) is 2.50. The smallest absolute Gasteiger partial charge is 0.417 e. The molecular formula is C21H23F4N3O4. The van der Waals surface area contributed by atoms with Crippen LogP contribution in [0.5, 0.6) is 5.75 Å². The van der Waals surface area contributed by atoms with Crippen LogP contribution in [0.15, 0.2) is 36.5 Å². The number of ether oxygens (including phenoxy) is 1. The van der Waals surface area contributed by atoms with Crippen molar-refractivity contribution in [1.82, 2.24) is 15.6 Å². The van der Waals surface area contributed by atoms with Crippen LogP contribution in [0.2, 0.25) is 0 Å². The van der Waals surface area contributed by atoms with Gasteiger partial charge in [0.25, 0.3) is 5.91 Å². The van der Waals surface area contributed by atoms with E-state index >= 15 is 0 Å². The molecule has 1 aromatic heterocycles. The number of aromatic nitrogens is 1. The van der Waals surface area contributed by atoms with E-state index in [-0.39, 0.29) is 44.0 Å². The van der Waals surface area contributed by atoms with Gasteiger partial charge >= 0.3 is 6.18 Å². The summed E-state index contributed by atoms with van der Waals surface area (Å²) in [6.45, 7) is 1.06. The Morgan fingerprint density at radius 2 is 1.91 bits per heavy atom. The van der Waals surface area contributed by atoms with Crippen molar-refractivity contribution < 1.29 is 37.0 Å². The lowest BCUT2D eigenvalue weighted by molar-refractivity contribution is -0.138. The Kier molecular flexibility index (Phi) is 8.94. The molecule has 3 N–H and O–H groups in total. The number of carbonyl (C=O) groups is 2. The topological polar surface area (TPSA) is 101 Å². The first-order valence-corrected chi connectivity index (χ1v) is 9.67. The molecule has 174 valence electrons. The fourth-order valence-electron chi connectivity index (χ4n) is 2.47. The maximum Gasteiger partial charge on any atom is 0.417 e. The number of hydrogen-bond acceptors (Lipinski definition) is 5. The summed E-state index contributed by atoms with van der Waals surface area (Å²) in [6.07, 6.45) is -4.79. The monoisotopic (exact) mass is 457 g/mol. The molecular weight excluding hydrogens is 434 g/mol. The number of pyridine rings is 1. The first-order chi connectivity index (χ1) is 15.0. The average molecular weight is 457 g/mol. The molecule has 11 heteroatoms. The van der Waals surface area contributed by atoms with E-state index in [0.717, 1.165) is 12.1 Å². The number of aliphatic hydroxyl groups excluding tert-OH is 1. The van der Waals surface area contributed by atoms with Crippen LogP contribution >= 0.6 is 0 Å². The summed E-state index contributed by atoms with van der Waals surface area (Å²) >= 11 is 0. The minimum atomic E-state index is -4.48. The first-order valence-electron chi connectivity index (χ1n) is 9.67. The molecule has 0 bridgehead atoms. The second-order valence-corrected chi connectivity index (χ2v) is 7.01. The van der Waals surface area contributed by atoms with Crippen molar-refractivity contribution in [3.8, 4) is 5.75 Å². The Labute approximate surface area is 181 Å². The molecule has 0 radical (unpaired) electrons. The quantitative estimate of drug-likeness (QED) is 0.476. The molecule has 2 amide bonds. The van der Waals surface area contributed by atoms with E-state index in [1.807, 2.05) is 0 Å². The Morgan fingerprint density at radius 3 is 2.53 bits per heavy atom. The number of amides is 2. The van der Waals surface area contributed by atoms with Gasteiger partial charge in [-0.3, -0.25) is 14.6 Å². The molecule has 0 saturated heterocycles. The highest BCUT2D eigenvalue weighted by molar-refractivity contribution is 5.77. The number of nitrogens with one attached hydrogen (secondary N) is 2. The van der Waals surface area contributed by atoms with Crippen molar-refractivity contribution in [2.45, 2.75) is 38.6 Å². The molecule has 0 saturated carbocycles. The van der Waals surface area contributed by atoms with Crippen LogP contribution in [0.3, 0.4) is 0 Å². The van der Waals surface area contributed by atoms with Gasteiger partial charge in [0.2, 0.25) is 5.91 Å². The van der Waals surface area contributed by atoms with Gasteiger partial charge in [-0.1, -0.05) is 6.07 Å². The summed E-state index contributed by atoms with van der Waals surface area (Å²) in [5.74, 6) is -1.21. The number of rotatable bonds is 10. The first kappa shape index (κ1) is 25.1. The van der Waals surface area contributed by atoms with Crippen LogP contribution < -0.4 is 15.4 Å².